The number of halogens is 1. The minimum absolute atomic E-state index is 0.0917. The summed E-state index contributed by atoms with van der Waals surface area (Å²) >= 11 is 0. The van der Waals surface area contributed by atoms with E-state index in [1.807, 2.05) is 13.8 Å². The maximum absolute atomic E-state index is 12.8. The van der Waals surface area contributed by atoms with E-state index in [0.717, 1.165) is 23.0 Å². The summed E-state index contributed by atoms with van der Waals surface area (Å²) < 4.78 is 18.4. The van der Waals surface area contributed by atoms with E-state index in [4.69, 9.17) is 4.74 Å². The molecule has 0 radical (unpaired) electrons. The van der Waals surface area contributed by atoms with Crippen molar-refractivity contribution in [3.05, 3.63) is 64.5 Å². The second kappa shape index (κ2) is 8.24. The number of hydrogen-bond acceptors (Lipinski definition) is 3. The fourth-order valence-electron chi connectivity index (χ4n) is 2.47. The van der Waals surface area contributed by atoms with Crippen molar-refractivity contribution in [2.24, 2.45) is 0 Å². The molecule has 0 fully saturated rings. The van der Waals surface area contributed by atoms with Gasteiger partial charge in [0.05, 0.1) is 0 Å². The molecule has 126 valence electrons. The fourth-order valence-corrected chi connectivity index (χ4v) is 2.47. The minimum atomic E-state index is -0.275. The highest BCUT2D eigenvalue weighted by Gasteiger charge is 2.09. The molecule has 2 rings (SSSR count). The number of aryl methyl sites for hydroxylation is 2. The summed E-state index contributed by atoms with van der Waals surface area (Å²) in [5.74, 6) is 0.118. The van der Waals surface area contributed by atoms with Gasteiger partial charge >= 0.3 is 0 Å². The molecular weight excluding hydrogens is 309 g/mol. The molecule has 2 aromatic rings. The van der Waals surface area contributed by atoms with Gasteiger partial charge in [0.15, 0.2) is 6.61 Å². The van der Waals surface area contributed by atoms with Crippen molar-refractivity contribution in [3.63, 3.8) is 0 Å². The monoisotopic (exact) mass is 329 g/mol. The molecule has 0 aliphatic heterocycles. The molecule has 0 aromatic heterocycles. The molecular formula is C19H20FNO3. The van der Waals surface area contributed by atoms with Gasteiger partial charge in [-0.3, -0.25) is 9.59 Å². The molecule has 0 atom stereocenters. The Hall–Kier alpha value is -2.69. The molecule has 0 spiro atoms. The average Bonchev–Trinajstić information content (AvgIpc) is 2.55. The van der Waals surface area contributed by atoms with Crippen LogP contribution in [0.15, 0.2) is 36.4 Å². The Morgan fingerprint density at radius 1 is 1.17 bits per heavy atom. The largest absolute Gasteiger partial charge is 0.483 e. The molecule has 0 saturated heterocycles. The minimum Gasteiger partial charge on any atom is -0.483 e. The molecule has 0 bridgehead atoms. The first kappa shape index (κ1) is 17.7. The standard InChI is InChI=1S/C19H20FNO3/c1-13-9-16(11-22)10-14(2)19(13)24-12-18(23)21-8-7-15-3-5-17(20)6-4-15/h3-6,9-11H,7-8,12H2,1-2H3,(H,21,23). The molecule has 0 saturated carbocycles. The number of rotatable bonds is 7. The second-order valence-electron chi connectivity index (χ2n) is 5.62. The summed E-state index contributed by atoms with van der Waals surface area (Å²) in [6.45, 7) is 4.03. The predicted molar refractivity (Wildman–Crippen MR) is 89.9 cm³/mol. The number of benzene rings is 2. The third kappa shape index (κ3) is 4.91. The quantitative estimate of drug-likeness (QED) is 0.795. The van der Waals surface area contributed by atoms with Crippen LogP contribution < -0.4 is 10.1 Å². The highest BCUT2D eigenvalue weighted by molar-refractivity contribution is 5.78. The molecule has 1 N–H and O–H groups in total. The van der Waals surface area contributed by atoms with E-state index in [1.54, 1.807) is 24.3 Å². The van der Waals surface area contributed by atoms with Crippen LogP contribution in [-0.4, -0.2) is 25.3 Å². The van der Waals surface area contributed by atoms with Crippen LogP contribution in [0.5, 0.6) is 5.75 Å². The van der Waals surface area contributed by atoms with Crippen LogP contribution in [0.4, 0.5) is 4.39 Å². The van der Waals surface area contributed by atoms with Gasteiger partial charge in [0, 0.05) is 12.1 Å². The lowest BCUT2D eigenvalue weighted by molar-refractivity contribution is -0.123. The molecule has 2 aromatic carbocycles. The van der Waals surface area contributed by atoms with E-state index in [1.165, 1.54) is 12.1 Å². The van der Waals surface area contributed by atoms with E-state index in [9.17, 15) is 14.0 Å². The predicted octanol–water partition coefficient (Wildman–Crippen LogP) is 2.99. The lowest BCUT2D eigenvalue weighted by Gasteiger charge is -2.13. The van der Waals surface area contributed by atoms with Gasteiger partial charge in [-0.25, -0.2) is 4.39 Å². The topological polar surface area (TPSA) is 55.4 Å². The van der Waals surface area contributed by atoms with Gasteiger partial charge in [-0.05, 0) is 61.2 Å². The number of hydrogen-bond donors (Lipinski definition) is 1. The third-order valence-electron chi connectivity index (χ3n) is 3.62. The van der Waals surface area contributed by atoms with Gasteiger partial charge in [0.25, 0.3) is 5.91 Å². The normalized spacial score (nSPS) is 10.3. The Morgan fingerprint density at radius 2 is 1.79 bits per heavy atom. The zero-order valence-corrected chi connectivity index (χ0v) is 13.8. The van der Waals surface area contributed by atoms with E-state index in [2.05, 4.69) is 5.32 Å². The number of carbonyl (C=O) groups excluding carboxylic acids is 2. The average molecular weight is 329 g/mol. The van der Waals surface area contributed by atoms with Crippen LogP contribution in [-0.2, 0) is 11.2 Å². The van der Waals surface area contributed by atoms with Crippen LogP contribution in [0.2, 0.25) is 0 Å². The van der Waals surface area contributed by atoms with Gasteiger partial charge in [0.1, 0.15) is 17.9 Å². The summed E-state index contributed by atoms with van der Waals surface area (Å²) in [5.41, 5.74) is 3.17. The Balaban J connectivity index is 1.81. The number of nitrogens with one attached hydrogen (secondary N) is 1. The van der Waals surface area contributed by atoms with Crippen LogP contribution in [0, 0.1) is 19.7 Å². The maximum Gasteiger partial charge on any atom is 0.257 e. The van der Waals surface area contributed by atoms with Crippen molar-refractivity contribution in [1.29, 1.82) is 0 Å². The fraction of sp³-hybridized carbons (Fsp3) is 0.263. The van der Waals surface area contributed by atoms with Crippen LogP contribution in [0.1, 0.15) is 27.0 Å². The van der Waals surface area contributed by atoms with Crippen molar-refractivity contribution < 1.29 is 18.7 Å². The van der Waals surface area contributed by atoms with Gasteiger partial charge in [-0.2, -0.15) is 0 Å². The SMILES string of the molecule is Cc1cc(C=O)cc(C)c1OCC(=O)NCCc1ccc(F)cc1. The Morgan fingerprint density at radius 3 is 2.38 bits per heavy atom. The number of ether oxygens (including phenoxy) is 1. The van der Waals surface area contributed by atoms with Gasteiger partial charge in [-0.15, -0.1) is 0 Å². The molecule has 0 unspecified atom stereocenters. The summed E-state index contributed by atoms with van der Waals surface area (Å²) in [5, 5.41) is 2.76. The molecule has 24 heavy (non-hydrogen) atoms. The van der Waals surface area contributed by atoms with E-state index < -0.39 is 0 Å². The van der Waals surface area contributed by atoms with E-state index in [-0.39, 0.29) is 18.3 Å². The maximum atomic E-state index is 12.8. The highest BCUT2D eigenvalue weighted by atomic mass is 19.1. The third-order valence-corrected chi connectivity index (χ3v) is 3.62. The molecule has 1 amide bonds. The second-order valence-corrected chi connectivity index (χ2v) is 5.62. The van der Waals surface area contributed by atoms with Crippen molar-refractivity contribution in [2.45, 2.75) is 20.3 Å². The van der Waals surface area contributed by atoms with E-state index in [0.29, 0.717) is 24.3 Å². The Labute approximate surface area is 140 Å². The van der Waals surface area contributed by atoms with Crippen LogP contribution in [0.3, 0.4) is 0 Å². The zero-order chi connectivity index (χ0) is 17.5. The highest BCUT2D eigenvalue weighted by Crippen LogP contribution is 2.24. The Kier molecular flexibility index (Phi) is 6.07. The summed E-state index contributed by atoms with van der Waals surface area (Å²) in [4.78, 5) is 22.7. The van der Waals surface area contributed by atoms with Crippen molar-refractivity contribution in [3.8, 4) is 5.75 Å². The molecule has 5 heteroatoms. The molecule has 0 heterocycles. The lowest BCUT2D eigenvalue weighted by atomic mass is 10.1. The molecule has 0 aliphatic rings. The first-order chi connectivity index (χ1) is 11.5. The number of aldehydes is 1. The summed E-state index contributed by atoms with van der Waals surface area (Å²) in [7, 11) is 0. The van der Waals surface area contributed by atoms with Crippen molar-refractivity contribution in [2.75, 3.05) is 13.2 Å². The first-order valence-electron chi connectivity index (χ1n) is 7.70. The van der Waals surface area contributed by atoms with Gasteiger partial charge < -0.3 is 10.1 Å². The summed E-state index contributed by atoms with van der Waals surface area (Å²) in [6.07, 6.45) is 1.41. The van der Waals surface area contributed by atoms with Crippen molar-refractivity contribution in [1.82, 2.24) is 5.32 Å². The summed E-state index contributed by atoms with van der Waals surface area (Å²) in [6, 6.07) is 9.63. The molecule has 4 nitrogen and oxygen atoms in total. The smallest absolute Gasteiger partial charge is 0.257 e. The van der Waals surface area contributed by atoms with Gasteiger partial charge in [0.2, 0.25) is 0 Å². The zero-order valence-electron chi connectivity index (χ0n) is 13.8. The van der Waals surface area contributed by atoms with E-state index >= 15 is 0 Å². The first-order valence-corrected chi connectivity index (χ1v) is 7.70. The number of carbonyl (C=O) groups is 2. The molecule has 0 aliphatic carbocycles. The van der Waals surface area contributed by atoms with Crippen molar-refractivity contribution >= 4 is 12.2 Å². The lowest BCUT2D eigenvalue weighted by Crippen LogP contribution is -2.30. The number of amides is 1. The Bertz CT molecular complexity index is 703. The van der Waals surface area contributed by atoms with Crippen LogP contribution >= 0.6 is 0 Å². The van der Waals surface area contributed by atoms with Gasteiger partial charge in [-0.1, -0.05) is 12.1 Å². The van der Waals surface area contributed by atoms with Crippen LogP contribution in [0.25, 0.3) is 0 Å².